The normalized spacial score (nSPS) is 38.1. The summed E-state index contributed by atoms with van der Waals surface area (Å²) in [5, 5.41) is 11.7. The van der Waals surface area contributed by atoms with Gasteiger partial charge in [-0.2, -0.15) is 5.10 Å². The molecule has 1 heterocycles. The molecule has 1 aromatic rings. The van der Waals surface area contributed by atoms with Crippen molar-refractivity contribution in [2.75, 3.05) is 11.9 Å². The predicted octanol–water partition coefficient (Wildman–Crippen LogP) is 2.42. The molecule has 20 heavy (non-hydrogen) atoms. The molecule has 5 rings (SSSR count). The van der Waals surface area contributed by atoms with E-state index in [0.717, 1.165) is 47.5 Å². The summed E-state index contributed by atoms with van der Waals surface area (Å²) in [6.07, 6.45) is 9.14. The van der Waals surface area contributed by atoms with Crippen LogP contribution >= 0.6 is 0 Å². The molecule has 0 aromatic carbocycles. The number of nitrogens with zero attached hydrogens (tertiary/aromatic N) is 2. The minimum absolute atomic E-state index is 0.527. The van der Waals surface area contributed by atoms with Gasteiger partial charge in [0.05, 0.1) is 6.20 Å². The molecule has 0 atom stereocenters. The highest BCUT2D eigenvalue weighted by molar-refractivity contribution is 5.42. The third kappa shape index (κ3) is 2.10. The first-order valence-electron chi connectivity index (χ1n) is 8.08. The molecule has 1 aromatic heterocycles. The van der Waals surface area contributed by atoms with E-state index in [9.17, 15) is 0 Å². The Bertz CT molecular complexity index is 459. The van der Waals surface area contributed by atoms with Crippen LogP contribution in [0.25, 0.3) is 0 Å². The van der Waals surface area contributed by atoms with Crippen LogP contribution in [0.2, 0.25) is 0 Å². The van der Waals surface area contributed by atoms with Gasteiger partial charge < -0.3 is 11.1 Å². The van der Waals surface area contributed by atoms with Crippen molar-refractivity contribution >= 4 is 5.82 Å². The van der Waals surface area contributed by atoms with Gasteiger partial charge in [0.25, 0.3) is 0 Å². The van der Waals surface area contributed by atoms with Crippen LogP contribution in [0.3, 0.4) is 0 Å². The minimum atomic E-state index is 0.527. The van der Waals surface area contributed by atoms with E-state index >= 15 is 0 Å². The molecule has 0 spiro atoms. The van der Waals surface area contributed by atoms with Crippen LogP contribution in [0.1, 0.15) is 37.7 Å². The van der Waals surface area contributed by atoms with Gasteiger partial charge in [0.1, 0.15) is 0 Å². The fourth-order valence-electron chi connectivity index (χ4n) is 5.26. The van der Waals surface area contributed by atoms with Crippen molar-refractivity contribution in [3.05, 3.63) is 17.8 Å². The van der Waals surface area contributed by atoms with Crippen molar-refractivity contribution in [2.24, 2.45) is 35.3 Å². The van der Waals surface area contributed by atoms with Crippen LogP contribution in [-0.2, 0) is 6.54 Å². The number of rotatable bonds is 4. The molecule has 0 aliphatic heterocycles. The first kappa shape index (κ1) is 12.6. The summed E-state index contributed by atoms with van der Waals surface area (Å²) in [7, 11) is 0. The molecule has 4 nitrogen and oxygen atoms in total. The predicted molar refractivity (Wildman–Crippen MR) is 78.9 cm³/mol. The zero-order valence-electron chi connectivity index (χ0n) is 12.0. The van der Waals surface area contributed by atoms with E-state index < -0.39 is 0 Å². The van der Waals surface area contributed by atoms with Crippen molar-refractivity contribution in [3.63, 3.8) is 0 Å². The summed E-state index contributed by atoms with van der Waals surface area (Å²) in [6, 6.07) is 1.96. The molecule has 4 heteroatoms. The van der Waals surface area contributed by atoms with E-state index in [1.165, 1.54) is 32.1 Å². The SMILES string of the molecule is NCc1ccnnc1NCC1C2CC3CC(C2)CC1C3. The standard InChI is InChI=1S/C16H24N4/c17-8-12-1-2-19-20-16(12)18-9-15-13-4-10-3-11(6-13)7-14(15)5-10/h1-2,10-11,13-15H,3-9,17H2,(H,18,20). The van der Waals surface area contributed by atoms with E-state index in [-0.39, 0.29) is 0 Å². The lowest BCUT2D eigenvalue weighted by Gasteiger charge is -2.54. The maximum absolute atomic E-state index is 5.77. The van der Waals surface area contributed by atoms with Crippen LogP contribution in [0, 0.1) is 29.6 Å². The van der Waals surface area contributed by atoms with Crippen LogP contribution in [0.4, 0.5) is 5.82 Å². The lowest BCUT2D eigenvalue weighted by molar-refractivity contribution is -0.0305. The second-order valence-corrected chi connectivity index (χ2v) is 7.08. The molecule has 4 bridgehead atoms. The minimum Gasteiger partial charge on any atom is -0.368 e. The summed E-state index contributed by atoms with van der Waals surface area (Å²) >= 11 is 0. The molecular weight excluding hydrogens is 248 g/mol. The summed E-state index contributed by atoms with van der Waals surface area (Å²) < 4.78 is 0. The Kier molecular flexibility index (Phi) is 3.14. The third-order valence-corrected chi connectivity index (χ3v) is 5.95. The Balaban J connectivity index is 1.45. The Morgan fingerprint density at radius 1 is 1.10 bits per heavy atom. The second-order valence-electron chi connectivity index (χ2n) is 7.08. The van der Waals surface area contributed by atoms with Gasteiger partial charge in [0.15, 0.2) is 5.82 Å². The zero-order valence-corrected chi connectivity index (χ0v) is 12.0. The van der Waals surface area contributed by atoms with E-state index in [4.69, 9.17) is 5.73 Å². The van der Waals surface area contributed by atoms with Gasteiger partial charge in [-0.05, 0) is 67.8 Å². The highest BCUT2D eigenvalue weighted by Crippen LogP contribution is 2.56. The lowest BCUT2D eigenvalue weighted by Crippen LogP contribution is -2.47. The molecule has 3 N–H and O–H groups in total. The summed E-state index contributed by atoms with van der Waals surface area (Å²) in [5.41, 5.74) is 6.84. The monoisotopic (exact) mass is 272 g/mol. The van der Waals surface area contributed by atoms with Gasteiger partial charge in [-0.15, -0.1) is 5.10 Å². The maximum Gasteiger partial charge on any atom is 0.153 e. The molecular formula is C16H24N4. The van der Waals surface area contributed by atoms with Crippen molar-refractivity contribution in [3.8, 4) is 0 Å². The Hall–Kier alpha value is -1.16. The number of hydrogen-bond acceptors (Lipinski definition) is 4. The van der Waals surface area contributed by atoms with E-state index in [2.05, 4.69) is 15.5 Å². The van der Waals surface area contributed by atoms with Gasteiger partial charge in [0, 0.05) is 18.7 Å². The zero-order chi connectivity index (χ0) is 13.5. The first-order valence-corrected chi connectivity index (χ1v) is 8.08. The second kappa shape index (κ2) is 4.99. The lowest BCUT2D eigenvalue weighted by atomic mass is 9.52. The first-order chi connectivity index (χ1) is 9.83. The van der Waals surface area contributed by atoms with Crippen LogP contribution in [-0.4, -0.2) is 16.7 Å². The topological polar surface area (TPSA) is 63.8 Å². The molecule has 4 fully saturated rings. The van der Waals surface area contributed by atoms with Crippen molar-refractivity contribution in [2.45, 2.75) is 38.6 Å². The van der Waals surface area contributed by atoms with Crippen LogP contribution < -0.4 is 11.1 Å². The summed E-state index contributed by atoms with van der Waals surface area (Å²) in [6.45, 7) is 1.58. The average Bonchev–Trinajstić information content (AvgIpc) is 2.46. The summed E-state index contributed by atoms with van der Waals surface area (Å²) in [4.78, 5) is 0. The van der Waals surface area contributed by atoms with Gasteiger partial charge >= 0.3 is 0 Å². The highest BCUT2D eigenvalue weighted by atomic mass is 15.2. The Morgan fingerprint density at radius 2 is 1.80 bits per heavy atom. The van der Waals surface area contributed by atoms with E-state index in [1.54, 1.807) is 6.20 Å². The molecule has 4 saturated carbocycles. The molecule has 108 valence electrons. The molecule has 0 saturated heterocycles. The van der Waals surface area contributed by atoms with Crippen molar-refractivity contribution in [1.82, 2.24) is 10.2 Å². The Labute approximate surface area is 120 Å². The van der Waals surface area contributed by atoms with Crippen LogP contribution in [0.5, 0.6) is 0 Å². The number of aromatic nitrogens is 2. The van der Waals surface area contributed by atoms with Crippen molar-refractivity contribution in [1.29, 1.82) is 0 Å². The van der Waals surface area contributed by atoms with Gasteiger partial charge in [-0.3, -0.25) is 0 Å². The maximum atomic E-state index is 5.77. The highest BCUT2D eigenvalue weighted by Gasteiger charge is 2.47. The quantitative estimate of drug-likeness (QED) is 0.883. The largest absolute Gasteiger partial charge is 0.368 e. The fourth-order valence-corrected chi connectivity index (χ4v) is 5.26. The molecule has 0 radical (unpaired) electrons. The molecule has 4 aliphatic rings. The number of anilines is 1. The number of hydrogen-bond donors (Lipinski definition) is 2. The van der Waals surface area contributed by atoms with Gasteiger partial charge in [-0.1, -0.05) is 0 Å². The van der Waals surface area contributed by atoms with E-state index in [1.807, 2.05) is 6.07 Å². The Morgan fingerprint density at radius 3 is 2.45 bits per heavy atom. The van der Waals surface area contributed by atoms with Crippen LogP contribution in [0.15, 0.2) is 12.3 Å². The number of nitrogens with one attached hydrogen (secondary N) is 1. The van der Waals surface area contributed by atoms with Gasteiger partial charge in [-0.25, -0.2) is 0 Å². The third-order valence-electron chi connectivity index (χ3n) is 5.95. The summed E-state index contributed by atoms with van der Waals surface area (Å²) in [5.74, 6) is 5.74. The number of nitrogens with two attached hydrogens (primary N) is 1. The van der Waals surface area contributed by atoms with Gasteiger partial charge in [0.2, 0.25) is 0 Å². The smallest absolute Gasteiger partial charge is 0.153 e. The van der Waals surface area contributed by atoms with Crippen molar-refractivity contribution < 1.29 is 0 Å². The fraction of sp³-hybridized carbons (Fsp3) is 0.750. The molecule has 0 unspecified atom stereocenters. The molecule has 0 amide bonds. The van der Waals surface area contributed by atoms with E-state index in [0.29, 0.717) is 6.54 Å². The molecule has 4 aliphatic carbocycles. The average molecular weight is 272 g/mol.